The largest absolute Gasteiger partial charge is 0.449 e. The Hall–Kier alpha value is -3.22. The van der Waals surface area contributed by atoms with E-state index in [0.717, 1.165) is 12.1 Å². The first-order valence-electron chi connectivity index (χ1n) is 7.40. The number of fused-ring (bicyclic) bond motifs is 1. The zero-order valence-corrected chi connectivity index (χ0v) is 13.1. The lowest BCUT2D eigenvalue weighted by atomic mass is 10.2. The number of hydrogen-bond donors (Lipinski definition) is 1. The maximum atomic E-state index is 13.5. The lowest BCUT2D eigenvalue weighted by Gasteiger charge is -2.13. The van der Waals surface area contributed by atoms with Crippen molar-refractivity contribution in [3.8, 4) is 0 Å². The highest BCUT2D eigenvalue weighted by molar-refractivity contribution is 5.98. The summed E-state index contributed by atoms with van der Waals surface area (Å²) in [6, 6.07) is 11.6. The summed E-state index contributed by atoms with van der Waals surface area (Å²) in [5.74, 6) is -3.65. The molecule has 3 aromatic rings. The van der Waals surface area contributed by atoms with Crippen LogP contribution in [0.25, 0.3) is 11.0 Å². The second-order valence-electron chi connectivity index (χ2n) is 5.28. The maximum Gasteiger partial charge on any atom is 0.375 e. The number of carbonyl (C=O) groups is 2. The predicted octanol–water partition coefficient (Wildman–Crippen LogP) is 3.90. The van der Waals surface area contributed by atoms with Crippen LogP contribution in [0.3, 0.4) is 0 Å². The van der Waals surface area contributed by atoms with Gasteiger partial charge in [-0.2, -0.15) is 0 Å². The average molecular weight is 345 g/mol. The highest BCUT2D eigenvalue weighted by Gasteiger charge is 2.23. The van der Waals surface area contributed by atoms with Crippen LogP contribution in [0.1, 0.15) is 17.5 Å². The summed E-state index contributed by atoms with van der Waals surface area (Å²) >= 11 is 0. The van der Waals surface area contributed by atoms with Gasteiger partial charge in [0.15, 0.2) is 6.10 Å². The van der Waals surface area contributed by atoms with Crippen LogP contribution in [0.2, 0.25) is 0 Å². The van der Waals surface area contributed by atoms with Crippen LogP contribution in [-0.4, -0.2) is 18.0 Å². The van der Waals surface area contributed by atoms with Crippen molar-refractivity contribution >= 4 is 28.5 Å². The molecule has 25 heavy (non-hydrogen) atoms. The first-order chi connectivity index (χ1) is 12.0. The molecule has 0 aliphatic carbocycles. The number of esters is 1. The number of amides is 1. The van der Waals surface area contributed by atoms with Crippen LogP contribution in [0.5, 0.6) is 0 Å². The van der Waals surface area contributed by atoms with Gasteiger partial charge >= 0.3 is 5.97 Å². The number of benzene rings is 2. The Morgan fingerprint density at radius 3 is 2.44 bits per heavy atom. The molecule has 1 heterocycles. The standard InChI is InChI=1S/C18H13F2NO4/c1-10(17(22)21-16-12(19)6-4-7-13(16)20)24-18(23)15-9-11-5-2-3-8-14(11)25-15/h2-10H,1H3,(H,21,22)/t10-/m1/s1. The van der Waals surface area contributed by atoms with Crippen molar-refractivity contribution in [1.29, 1.82) is 0 Å². The van der Waals surface area contributed by atoms with E-state index in [-0.39, 0.29) is 5.76 Å². The molecule has 0 unspecified atom stereocenters. The molecule has 2 aromatic carbocycles. The number of anilines is 1. The number of carbonyl (C=O) groups excluding carboxylic acids is 2. The SMILES string of the molecule is C[C@@H](OC(=O)c1cc2ccccc2o1)C(=O)Nc1c(F)cccc1F. The van der Waals surface area contributed by atoms with Gasteiger partial charge in [0.25, 0.3) is 5.91 Å². The number of ether oxygens (including phenoxy) is 1. The molecule has 1 amide bonds. The van der Waals surface area contributed by atoms with Crippen molar-refractivity contribution in [2.24, 2.45) is 0 Å². The first-order valence-corrected chi connectivity index (χ1v) is 7.40. The quantitative estimate of drug-likeness (QED) is 0.728. The van der Waals surface area contributed by atoms with Crippen molar-refractivity contribution in [3.63, 3.8) is 0 Å². The molecule has 128 valence electrons. The minimum atomic E-state index is -1.28. The summed E-state index contributed by atoms with van der Waals surface area (Å²) in [6.45, 7) is 1.29. The van der Waals surface area contributed by atoms with Crippen LogP contribution < -0.4 is 5.32 Å². The zero-order valence-electron chi connectivity index (χ0n) is 13.1. The van der Waals surface area contributed by atoms with E-state index in [1.54, 1.807) is 24.3 Å². The average Bonchev–Trinajstić information content (AvgIpc) is 3.02. The molecule has 0 bridgehead atoms. The fraction of sp³-hybridized carbons (Fsp3) is 0.111. The Balaban J connectivity index is 1.69. The Labute approximate surface area is 141 Å². The van der Waals surface area contributed by atoms with Gasteiger partial charge in [0.05, 0.1) is 0 Å². The summed E-state index contributed by atoms with van der Waals surface area (Å²) in [6.07, 6.45) is -1.28. The number of halogens is 2. The minimum Gasteiger partial charge on any atom is -0.449 e. The van der Waals surface area contributed by atoms with Gasteiger partial charge in [-0.05, 0) is 31.2 Å². The fourth-order valence-corrected chi connectivity index (χ4v) is 2.20. The smallest absolute Gasteiger partial charge is 0.375 e. The van der Waals surface area contributed by atoms with Crippen molar-refractivity contribution in [2.75, 3.05) is 5.32 Å². The molecule has 5 nitrogen and oxygen atoms in total. The predicted molar refractivity (Wildman–Crippen MR) is 86.1 cm³/mol. The summed E-state index contributed by atoms with van der Waals surface area (Å²) in [7, 11) is 0. The topological polar surface area (TPSA) is 68.5 Å². The van der Waals surface area contributed by atoms with E-state index in [1.807, 2.05) is 0 Å². The molecule has 1 aromatic heterocycles. The molecule has 0 aliphatic rings. The van der Waals surface area contributed by atoms with Gasteiger partial charge in [-0.25, -0.2) is 13.6 Å². The fourth-order valence-electron chi connectivity index (χ4n) is 2.20. The molecule has 0 saturated heterocycles. The summed E-state index contributed by atoms with van der Waals surface area (Å²) in [5.41, 5.74) is -0.0980. The Morgan fingerprint density at radius 2 is 1.76 bits per heavy atom. The molecule has 3 rings (SSSR count). The van der Waals surface area contributed by atoms with Crippen molar-refractivity contribution in [1.82, 2.24) is 0 Å². The molecular formula is C18H13F2NO4. The van der Waals surface area contributed by atoms with Crippen LogP contribution >= 0.6 is 0 Å². The molecule has 0 radical (unpaired) electrons. The second-order valence-corrected chi connectivity index (χ2v) is 5.28. The van der Waals surface area contributed by atoms with E-state index in [1.165, 1.54) is 19.1 Å². The molecule has 0 fully saturated rings. The normalized spacial score (nSPS) is 12.0. The lowest BCUT2D eigenvalue weighted by molar-refractivity contribution is -0.123. The minimum absolute atomic E-state index is 0.0714. The lowest BCUT2D eigenvalue weighted by Crippen LogP contribution is -2.30. The zero-order chi connectivity index (χ0) is 18.0. The van der Waals surface area contributed by atoms with E-state index in [0.29, 0.717) is 11.0 Å². The van der Waals surface area contributed by atoms with Crippen molar-refractivity contribution in [3.05, 3.63) is 65.9 Å². The monoisotopic (exact) mass is 345 g/mol. The summed E-state index contributed by atoms with van der Waals surface area (Å²) < 4.78 is 37.4. The summed E-state index contributed by atoms with van der Waals surface area (Å²) in [4.78, 5) is 24.1. The number of nitrogens with one attached hydrogen (secondary N) is 1. The third-order valence-corrected chi connectivity index (χ3v) is 3.49. The number of furan rings is 1. The van der Waals surface area contributed by atoms with Gasteiger partial charge in [-0.3, -0.25) is 4.79 Å². The molecule has 0 saturated carbocycles. The third-order valence-electron chi connectivity index (χ3n) is 3.49. The Kier molecular flexibility index (Phi) is 4.47. The van der Waals surface area contributed by atoms with E-state index in [4.69, 9.17) is 9.15 Å². The van der Waals surface area contributed by atoms with Crippen molar-refractivity contribution in [2.45, 2.75) is 13.0 Å². The second kappa shape index (κ2) is 6.72. The van der Waals surface area contributed by atoms with Crippen LogP contribution in [0.4, 0.5) is 14.5 Å². The van der Waals surface area contributed by atoms with Gasteiger partial charge in [0.1, 0.15) is 22.9 Å². The molecule has 0 aliphatic heterocycles. The number of rotatable bonds is 4. The van der Waals surface area contributed by atoms with E-state index < -0.39 is 35.3 Å². The van der Waals surface area contributed by atoms with Gasteiger partial charge < -0.3 is 14.5 Å². The highest BCUT2D eigenvalue weighted by Crippen LogP contribution is 2.21. The molecule has 1 N–H and O–H groups in total. The Bertz CT molecular complexity index is 898. The van der Waals surface area contributed by atoms with Crippen LogP contribution in [-0.2, 0) is 9.53 Å². The highest BCUT2D eigenvalue weighted by atomic mass is 19.1. The maximum absolute atomic E-state index is 13.5. The molecule has 0 spiro atoms. The molecule has 1 atom stereocenters. The molecule has 7 heteroatoms. The van der Waals surface area contributed by atoms with E-state index in [9.17, 15) is 18.4 Å². The third kappa shape index (κ3) is 3.50. The van der Waals surface area contributed by atoms with Gasteiger partial charge in [-0.15, -0.1) is 0 Å². The van der Waals surface area contributed by atoms with Gasteiger partial charge in [0, 0.05) is 5.39 Å². The van der Waals surface area contributed by atoms with Crippen molar-refractivity contribution < 1.29 is 27.5 Å². The van der Waals surface area contributed by atoms with Gasteiger partial charge in [-0.1, -0.05) is 24.3 Å². The van der Waals surface area contributed by atoms with Crippen LogP contribution in [0, 0.1) is 11.6 Å². The Morgan fingerprint density at radius 1 is 1.08 bits per heavy atom. The molecular weight excluding hydrogens is 332 g/mol. The summed E-state index contributed by atoms with van der Waals surface area (Å²) in [5, 5.41) is 2.77. The number of para-hydroxylation sites is 2. The van der Waals surface area contributed by atoms with Crippen LogP contribution in [0.15, 0.2) is 52.9 Å². The van der Waals surface area contributed by atoms with E-state index in [2.05, 4.69) is 5.32 Å². The van der Waals surface area contributed by atoms with E-state index >= 15 is 0 Å². The first kappa shape index (κ1) is 16.6. The number of hydrogen-bond acceptors (Lipinski definition) is 4. The van der Waals surface area contributed by atoms with Gasteiger partial charge in [0.2, 0.25) is 5.76 Å².